The first-order valence-corrected chi connectivity index (χ1v) is 8.24. The summed E-state index contributed by atoms with van der Waals surface area (Å²) < 4.78 is 2.06. The highest BCUT2D eigenvalue weighted by Gasteiger charge is 2.14. The molecular formula is C17H15N5S. The van der Waals surface area contributed by atoms with E-state index >= 15 is 0 Å². The number of hydrogen-bond acceptors (Lipinski definition) is 5. The zero-order valence-electron chi connectivity index (χ0n) is 12.5. The number of nitriles is 1. The molecule has 1 aromatic carbocycles. The van der Waals surface area contributed by atoms with Crippen LogP contribution in [0.15, 0.2) is 60.0 Å². The third kappa shape index (κ3) is 3.76. The first-order valence-electron chi connectivity index (χ1n) is 7.26. The lowest BCUT2D eigenvalue weighted by molar-refractivity contribution is 0.639. The van der Waals surface area contributed by atoms with E-state index in [9.17, 15) is 0 Å². The molecule has 0 N–H and O–H groups in total. The molecule has 0 saturated carbocycles. The van der Waals surface area contributed by atoms with Crippen LogP contribution >= 0.6 is 11.8 Å². The van der Waals surface area contributed by atoms with E-state index < -0.39 is 0 Å². The van der Waals surface area contributed by atoms with Crippen molar-refractivity contribution in [3.05, 3.63) is 60.4 Å². The summed E-state index contributed by atoms with van der Waals surface area (Å²) in [5.41, 5.74) is 2.19. The van der Waals surface area contributed by atoms with E-state index in [1.165, 1.54) is 17.3 Å². The van der Waals surface area contributed by atoms with Gasteiger partial charge in [-0.3, -0.25) is 4.98 Å². The van der Waals surface area contributed by atoms with Crippen LogP contribution in [0.5, 0.6) is 0 Å². The zero-order chi connectivity index (χ0) is 15.9. The Hall–Kier alpha value is -2.65. The van der Waals surface area contributed by atoms with Gasteiger partial charge < -0.3 is 4.57 Å². The number of nitrogens with zero attached hydrogens (tertiary/aromatic N) is 5. The molecule has 2 heterocycles. The molecule has 0 bridgehead atoms. The first-order chi connectivity index (χ1) is 11.4. The second-order valence-corrected chi connectivity index (χ2v) is 5.82. The van der Waals surface area contributed by atoms with Gasteiger partial charge in [-0.2, -0.15) is 5.26 Å². The molecule has 0 saturated heterocycles. The first kappa shape index (κ1) is 15.3. The van der Waals surface area contributed by atoms with Crippen LogP contribution in [-0.4, -0.2) is 25.5 Å². The topological polar surface area (TPSA) is 67.4 Å². The second kappa shape index (κ2) is 7.56. The Kier molecular flexibility index (Phi) is 5.02. The Morgan fingerprint density at radius 1 is 1.09 bits per heavy atom. The standard InChI is InChI=1S/C17H15N5S/c18-9-12-23-17-21-20-16(15-7-4-10-19-13-15)22(17)11-8-14-5-2-1-3-6-14/h1-7,10,13H,8,11-12H2. The number of thioether (sulfide) groups is 1. The molecule has 5 nitrogen and oxygen atoms in total. The molecule has 6 heteroatoms. The molecule has 0 amide bonds. The van der Waals surface area contributed by atoms with Crippen LogP contribution in [0.1, 0.15) is 5.56 Å². The molecule has 3 rings (SSSR count). The van der Waals surface area contributed by atoms with E-state index in [1.54, 1.807) is 12.4 Å². The molecule has 3 aromatic rings. The van der Waals surface area contributed by atoms with Gasteiger partial charge in [0.2, 0.25) is 0 Å². The van der Waals surface area contributed by atoms with Crippen LogP contribution in [0.4, 0.5) is 0 Å². The predicted octanol–water partition coefficient (Wildman–Crippen LogP) is 3.20. The SMILES string of the molecule is N#CCSc1nnc(-c2cccnc2)n1CCc1ccccc1. The maximum atomic E-state index is 8.81. The summed E-state index contributed by atoms with van der Waals surface area (Å²) in [5.74, 6) is 1.14. The normalized spacial score (nSPS) is 10.4. The molecule has 0 aliphatic heterocycles. The minimum absolute atomic E-state index is 0.358. The fraction of sp³-hybridized carbons (Fsp3) is 0.176. The molecule has 0 aliphatic rings. The van der Waals surface area contributed by atoms with E-state index in [4.69, 9.17) is 5.26 Å². The van der Waals surface area contributed by atoms with Crippen molar-refractivity contribution in [2.75, 3.05) is 5.75 Å². The van der Waals surface area contributed by atoms with E-state index in [-0.39, 0.29) is 0 Å². The Morgan fingerprint density at radius 2 is 1.96 bits per heavy atom. The average molecular weight is 321 g/mol. The van der Waals surface area contributed by atoms with Gasteiger partial charge in [-0.15, -0.1) is 10.2 Å². The molecule has 0 radical (unpaired) electrons. The van der Waals surface area contributed by atoms with Crippen molar-refractivity contribution in [2.45, 2.75) is 18.1 Å². The van der Waals surface area contributed by atoms with Gasteiger partial charge in [0.05, 0.1) is 11.8 Å². The lowest BCUT2D eigenvalue weighted by atomic mass is 10.1. The Labute approximate surface area is 139 Å². The highest BCUT2D eigenvalue weighted by molar-refractivity contribution is 7.99. The van der Waals surface area contributed by atoms with Gasteiger partial charge in [-0.25, -0.2) is 0 Å². The molecule has 0 unspecified atom stereocenters. The third-order valence-corrected chi connectivity index (χ3v) is 4.20. The molecule has 0 atom stereocenters. The molecule has 0 spiro atoms. The van der Waals surface area contributed by atoms with E-state index in [1.807, 2.05) is 30.3 Å². The summed E-state index contributed by atoms with van der Waals surface area (Å²) in [7, 11) is 0. The predicted molar refractivity (Wildman–Crippen MR) is 89.7 cm³/mol. The van der Waals surface area contributed by atoms with Crippen molar-refractivity contribution >= 4 is 11.8 Å². The molecular weight excluding hydrogens is 306 g/mol. The number of aryl methyl sites for hydroxylation is 1. The van der Waals surface area contributed by atoms with Crippen LogP contribution < -0.4 is 0 Å². The van der Waals surface area contributed by atoms with Crippen LogP contribution in [-0.2, 0) is 13.0 Å². The van der Waals surface area contributed by atoms with Crippen molar-refractivity contribution in [1.82, 2.24) is 19.7 Å². The van der Waals surface area contributed by atoms with Gasteiger partial charge in [0.1, 0.15) is 0 Å². The summed E-state index contributed by atoms with van der Waals surface area (Å²) in [6.45, 7) is 0.759. The van der Waals surface area contributed by atoms with Crippen LogP contribution in [0.3, 0.4) is 0 Å². The van der Waals surface area contributed by atoms with Gasteiger partial charge in [0.15, 0.2) is 11.0 Å². The van der Waals surface area contributed by atoms with E-state index in [0.29, 0.717) is 5.75 Å². The maximum Gasteiger partial charge on any atom is 0.192 e. The molecule has 2 aromatic heterocycles. The summed E-state index contributed by atoms with van der Waals surface area (Å²) in [6, 6.07) is 16.3. The number of hydrogen-bond donors (Lipinski definition) is 0. The maximum absolute atomic E-state index is 8.81. The van der Waals surface area contributed by atoms with Crippen LogP contribution in [0.25, 0.3) is 11.4 Å². The molecule has 23 heavy (non-hydrogen) atoms. The highest BCUT2D eigenvalue weighted by Crippen LogP contribution is 2.23. The summed E-state index contributed by atoms with van der Waals surface area (Å²) in [4.78, 5) is 4.15. The number of aromatic nitrogens is 4. The average Bonchev–Trinajstić information content (AvgIpc) is 3.02. The summed E-state index contributed by atoms with van der Waals surface area (Å²) in [6.07, 6.45) is 4.40. The molecule has 114 valence electrons. The minimum atomic E-state index is 0.358. The lowest BCUT2D eigenvalue weighted by Crippen LogP contribution is -2.05. The Balaban J connectivity index is 1.88. The molecule has 0 aliphatic carbocycles. The highest BCUT2D eigenvalue weighted by atomic mass is 32.2. The fourth-order valence-corrected chi connectivity index (χ4v) is 2.91. The third-order valence-electron chi connectivity index (χ3n) is 3.37. The van der Waals surface area contributed by atoms with Crippen molar-refractivity contribution < 1.29 is 0 Å². The van der Waals surface area contributed by atoms with Gasteiger partial charge in [0.25, 0.3) is 0 Å². The fourth-order valence-electron chi connectivity index (χ4n) is 2.29. The number of benzene rings is 1. The zero-order valence-corrected chi connectivity index (χ0v) is 13.3. The number of pyridine rings is 1. The monoisotopic (exact) mass is 321 g/mol. The van der Waals surface area contributed by atoms with Crippen molar-refractivity contribution in [3.8, 4) is 17.5 Å². The van der Waals surface area contributed by atoms with Crippen molar-refractivity contribution in [3.63, 3.8) is 0 Å². The van der Waals surface area contributed by atoms with Crippen LogP contribution in [0, 0.1) is 11.3 Å². The lowest BCUT2D eigenvalue weighted by Gasteiger charge is -2.09. The summed E-state index contributed by atoms with van der Waals surface area (Å²) in [5, 5.41) is 18.1. The van der Waals surface area contributed by atoms with E-state index in [0.717, 1.165) is 29.5 Å². The molecule has 0 fully saturated rings. The van der Waals surface area contributed by atoms with Gasteiger partial charge in [-0.05, 0) is 24.1 Å². The van der Waals surface area contributed by atoms with Gasteiger partial charge in [0, 0.05) is 24.5 Å². The van der Waals surface area contributed by atoms with Crippen molar-refractivity contribution in [2.24, 2.45) is 0 Å². The van der Waals surface area contributed by atoms with E-state index in [2.05, 4.69) is 38.0 Å². The number of rotatable bonds is 6. The smallest absolute Gasteiger partial charge is 0.192 e. The Morgan fingerprint density at radius 3 is 2.70 bits per heavy atom. The van der Waals surface area contributed by atoms with Crippen molar-refractivity contribution in [1.29, 1.82) is 5.26 Å². The second-order valence-electron chi connectivity index (χ2n) is 4.88. The quantitative estimate of drug-likeness (QED) is 0.652. The Bertz CT molecular complexity index is 793. The van der Waals surface area contributed by atoms with Gasteiger partial charge >= 0.3 is 0 Å². The van der Waals surface area contributed by atoms with Crippen LogP contribution in [0.2, 0.25) is 0 Å². The van der Waals surface area contributed by atoms with Gasteiger partial charge in [-0.1, -0.05) is 42.1 Å². The minimum Gasteiger partial charge on any atom is -0.302 e. The largest absolute Gasteiger partial charge is 0.302 e. The summed E-state index contributed by atoms with van der Waals surface area (Å²) >= 11 is 1.41.